The van der Waals surface area contributed by atoms with Crippen LogP contribution in [-0.2, 0) is 28.5 Å². The van der Waals surface area contributed by atoms with Crippen molar-refractivity contribution in [3.63, 3.8) is 0 Å². The zero-order valence-corrected chi connectivity index (χ0v) is 12.9. The Balaban J connectivity index is 3.74. The molecular weight excluding hydrogens is 264 g/mol. The molecule has 0 atom stereocenters. The lowest BCUT2D eigenvalue weighted by molar-refractivity contribution is -0.159. The van der Waals surface area contributed by atoms with Gasteiger partial charge in [0.15, 0.2) is 5.78 Å². The fourth-order valence-corrected chi connectivity index (χ4v) is 1.30. The minimum absolute atomic E-state index is 0.118. The molecule has 6 heteroatoms. The van der Waals surface area contributed by atoms with Crippen molar-refractivity contribution in [3.05, 3.63) is 0 Å². The van der Waals surface area contributed by atoms with Gasteiger partial charge in [-0.05, 0) is 27.2 Å². The van der Waals surface area contributed by atoms with Crippen LogP contribution in [0.5, 0.6) is 0 Å². The summed E-state index contributed by atoms with van der Waals surface area (Å²) in [5.41, 5.74) is -1.17. The van der Waals surface area contributed by atoms with Crippen molar-refractivity contribution in [3.8, 4) is 0 Å². The molecule has 0 aliphatic heterocycles. The standard InChI is InChI=1S/C14H26O6/c1-5-20-13(16)14(2,3)12(15)11-19-10-9-18-8-6-7-17-4/h5-11H2,1-4H3. The number of hydrogen-bond acceptors (Lipinski definition) is 6. The highest BCUT2D eigenvalue weighted by Crippen LogP contribution is 2.19. The molecule has 0 N–H and O–H groups in total. The van der Waals surface area contributed by atoms with E-state index in [9.17, 15) is 9.59 Å². The third-order valence-electron chi connectivity index (χ3n) is 2.73. The van der Waals surface area contributed by atoms with E-state index in [1.807, 2.05) is 0 Å². The number of rotatable bonds is 12. The molecule has 0 aliphatic rings. The van der Waals surface area contributed by atoms with Gasteiger partial charge in [0.1, 0.15) is 12.0 Å². The summed E-state index contributed by atoms with van der Waals surface area (Å²) in [6, 6.07) is 0. The normalized spacial score (nSPS) is 11.4. The summed E-state index contributed by atoms with van der Waals surface area (Å²) in [5, 5.41) is 0. The van der Waals surface area contributed by atoms with Gasteiger partial charge < -0.3 is 18.9 Å². The van der Waals surface area contributed by atoms with Gasteiger partial charge in [-0.3, -0.25) is 9.59 Å². The van der Waals surface area contributed by atoms with Gasteiger partial charge in [-0.1, -0.05) is 0 Å². The SMILES string of the molecule is CCOC(=O)C(C)(C)C(=O)COCCOCCCOC. The van der Waals surface area contributed by atoms with Crippen molar-refractivity contribution >= 4 is 11.8 Å². The van der Waals surface area contributed by atoms with E-state index in [4.69, 9.17) is 18.9 Å². The first-order valence-electron chi connectivity index (χ1n) is 6.81. The Morgan fingerprint density at radius 3 is 2.25 bits per heavy atom. The van der Waals surface area contributed by atoms with Gasteiger partial charge in [0.25, 0.3) is 0 Å². The summed E-state index contributed by atoms with van der Waals surface area (Å²) >= 11 is 0. The highest BCUT2D eigenvalue weighted by atomic mass is 16.5. The van der Waals surface area contributed by atoms with E-state index >= 15 is 0 Å². The maximum absolute atomic E-state index is 11.9. The lowest BCUT2D eigenvalue weighted by atomic mass is 9.88. The zero-order valence-electron chi connectivity index (χ0n) is 12.9. The van der Waals surface area contributed by atoms with Crippen LogP contribution in [0.1, 0.15) is 27.2 Å². The average molecular weight is 290 g/mol. The molecule has 0 fully saturated rings. The zero-order chi connectivity index (χ0) is 15.4. The Labute approximate surface area is 120 Å². The predicted molar refractivity (Wildman–Crippen MR) is 73.6 cm³/mol. The van der Waals surface area contributed by atoms with Crippen molar-refractivity contribution in [1.82, 2.24) is 0 Å². The largest absolute Gasteiger partial charge is 0.465 e. The first kappa shape index (κ1) is 19.0. The lowest BCUT2D eigenvalue weighted by Gasteiger charge is -2.20. The van der Waals surface area contributed by atoms with Crippen LogP contribution in [-0.4, -0.2) is 58.5 Å². The number of carbonyl (C=O) groups is 2. The van der Waals surface area contributed by atoms with Crippen molar-refractivity contribution in [2.75, 3.05) is 46.8 Å². The number of Topliss-reactive ketones (excluding diaryl/α,β-unsaturated/α-hetero) is 1. The van der Waals surface area contributed by atoms with Crippen molar-refractivity contribution in [1.29, 1.82) is 0 Å². The molecule has 118 valence electrons. The van der Waals surface area contributed by atoms with E-state index in [2.05, 4.69) is 0 Å². The number of carbonyl (C=O) groups excluding carboxylic acids is 2. The minimum Gasteiger partial charge on any atom is -0.465 e. The maximum Gasteiger partial charge on any atom is 0.319 e. The molecular formula is C14H26O6. The second-order valence-corrected chi connectivity index (χ2v) is 4.78. The molecule has 0 spiro atoms. The summed E-state index contributed by atoms with van der Waals surface area (Å²) < 4.78 is 20.2. The molecule has 0 amide bonds. The monoisotopic (exact) mass is 290 g/mol. The topological polar surface area (TPSA) is 71.1 Å². The van der Waals surface area contributed by atoms with E-state index < -0.39 is 11.4 Å². The number of esters is 1. The third-order valence-corrected chi connectivity index (χ3v) is 2.73. The van der Waals surface area contributed by atoms with Gasteiger partial charge in [-0.15, -0.1) is 0 Å². The summed E-state index contributed by atoms with van der Waals surface area (Å²) in [4.78, 5) is 23.5. The molecule has 0 aliphatic carbocycles. The highest BCUT2D eigenvalue weighted by molar-refractivity contribution is 6.03. The van der Waals surface area contributed by atoms with Crippen molar-refractivity contribution < 1.29 is 28.5 Å². The molecule has 0 aromatic carbocycles. The maximum atomic E-state index is 11.9. The molecule has 0 saturated carbocycles. The molecule has 0 bridgehead atoms. The van der Waals surface area contributed by atoms with Crippen LogP contribution in [0, 0.1) is 5.41 Å². The van der Waals surface area contributed by atoms with Crippen LogP contribution in [0.15, 0.2) is 0 Å². The number of ether oxygens (including phenoxy) is 4. The second kappa shape index (κ2) is 10.8. The minimum atomic E-state index is -1.17. The van der Waals surface area contributed by atoms with Gasteiger partial charge in [0, 0.05) is 20.3 Å². The van der Waals surface area contributed by atoms with Gasteiger partial charge >= 0.3 is 5.97 Å². The summed E-state index contributed by atoms with van der Waals surface area (Å²) in [7, 11) is 1.64. The summed E-state index contributed by atoms with van der Waals surface area (Å²) in [6.45, 7) is 6.91. The highest BCUT2D eigenvalue weighted by Gasteiger charge is 2.37. The van der Waals surface area contributed by atoms with Crippen LogP contribution in [0.3, 0.4) is 0 Å². The molecule has 0 saturated heterocycles. The Kier molecular flexibility index (Phi) is 10.2. The molecule has 20 heavy (non-hydrogen) atoms. The van der Waals surface area contributed by atoms with Gasteiger partial charge in [0.05, 0.1) is 19.8 Å². The fraction of sp³-hybridized carbons (Fsp3) is 0.857. The smallest absolute Gasteiger partial charge is 0.319 e. The van der Waals surface area contributed by atoms with E-state index in [1.54, 1.807) is 14.0 Å². The lowest BCUT2D eigenvalue weighted by Crippen LogP contribution is -2.37. The summed E-state index contributed by atoms with van der Waals surface area (Å²) in [6.07, 6.45) is 0.825. The Hall–Kier alpha value is -0.980. The molecule has 0 radical (unpaired) electrons. The van der Waals surface area contributed by atoms with Gasteiger partial charge in [-0.25, -0.2) is 0 Å². The quantitative estimate of drug-likeness (QED) is 0.306. The first-order valence-corrected chi connectivity index (χ1v) is 6.81. The van der Waals surface area contributed by atoms with Crippen LogP contribution in [0.4, 0.5) is 0 Å². The van der Waals surface area contributed by atoms with Crippen LogP contribution in [0.25, 0.3) is 0 Å². The van der Waals surface area contributed by atoms with E-state index in [-0.39, 0.29) is 19.0 Å². The van der Waals surface area contributed by atoms with Gasteiger partial charge in [0.2, 0.25) is 0 Å². The average Bonchev–Trinajstić information content (AvgIpc) is 2.41. The summed E-state index contributed by atoms with van der Waals surface area (Å²) in [5.74, 6) is -0.820. The predicted octanol–water partition coefficient (Wildman–Crippen LogP) is 1.21. The number of ketones is 1. The number of hydrogen-bond donors (Lipinski definition) is 0. The van der Waals surface area contributed by atoms with Crippen LogP contribution < -0.4 is 0 Å². The van der Waals surface area contributed by atoms with E-state index in [0.29, 0.717) is 26.4 Å². The van der Waals surface area contributed by atoms with Crippen molar-refractivity contribution in [2.24, 2.45) is 5.41 Å². The molecule has 0 unspecified atom stereocenters. The fourth-order valence-electron chi connectivity index (χ4n) is 1.30. The Morgan fingerprint density at radius 2 is 1.65 bits per heavy atom. The third kappa shape index (κ3) is 7.57. The van der Waals surface area contributed by atoms with E-state index in [1.165, 1.54) is 13.8 Å². The molecule has 0 aromatic heterocycles. The Bertz CT molecular complexity index is 287. The first-order chi connectivity index (χ1) is 9.46. The molecule has 0 aromatic rings. The van der Waals surface area contributed by atoms with Crippen molar-refractivity contribution in [2.45, 2.75) is 27.2 Å². The van der Waals surface area contributed by atoms with Crippen LogP contribution in [0.2, 0.25) is 0 Å². The van der Waals surface area contributed by atoms with Crippen LogP contribution >= 0.6 is 0 Å². The second-order valence-electron chi connectivity index (χ2n) is 4.78. The van der Waals surface area contributed by atoms with Gasteiger partial charge in [-0.2, -0.15) is 0 Å². The number of methoxy groups -OCH3 is 1. The molecule has 0 heterocycles. The van der Waals surface area contributed by atoms with E-state index in [0.717, 1.165) is 6.42 Å². The Morgan fingerprint density at radius 1 is 1.00 bits per heavy atom. The molecule has 6 nitrogen and oxygen atoms in total. The molecule has 0 rings (SSSR count).